The van der Waals surface area contributed by atoms with E-state index in [0.717, 1.165) is 0 Å². The van der Waals surface area contributed by atoms with Crippen molar-refractivity contribution in [3.8, 4) is 0 Å². The van der Waals surface area contributed by atoms with Gasteiger partial charge in [-0.25, -0.2) is 0 Å². The molecule has 2 rings (SSSR count). The smallest absolute Gasteiger partial charge is 0.272 e. The number of ketones is 2. The Morgan fingerprint density at radius 1 is 1.06 bits per heavy atom. The van der Waals surface area contributed by atoms with Crippen LogP contribution in [0.5, 0.6) is 0 Å². The Balaban J connectivity index is 2.74. The van der Waals surface area contributed by atoms with Gasteiger partial charge in [0.05, 0.1) is 19.8 Å². The first-order valence-corrected chi connectivity index (χ1v) is 4.57. The van der Waals surface area contributed by atoms with E-state index in [0.29, 0.717) is 5.69 Å². The molecule has 0 N–H and O–H groups in total. The Morgan fingerprint density at radius 3 is 2.38 bits per heavy atom. The van der Waals surface area contributed by atoms with Gasteiger partial charge in [-0.2, -0.15) is 0 Å². The van der Waals surface area contributed by atoms with Gasteiger partial charge in [0.2, 0.25) is 11.5 Å². The third-order valence-electron chi connectivity index (χ3n) is 2.29. The molecule has 0 unspecified atom stereocenters. The Hall–Kier alpha value is -2.17. The van der Waals surface area contributed by atoms with Crippen molar-refractivity contribution in [2.75, 3.05) is 14.2 Å². The second-order valence-electron chi connectivity index (χ2n) is 3.12. The number of ether oxygens (including phenoxy) is 2. The molecule has 5 heteroatoms. The maximum absolute atomic E-state index is 11.7. The monoisotopic (exact) mass is 219 g/mol. The summed E-state index contributed by atoms with van der Waals surface area (Å²) in [7, 11) is 2.71. The van der Waals surface area contributed by atoms with Crippen molar-refractivity contribution < 1.29 is 19.1 Å². The van der Waals surface area contributed by atoms with Crippen LogP contribution in [0.3, 0.4) is 0 Å². The van der Waals surface area contributed by atoms with Gasteiger partial charge < -0.3 is 9.47 Å². The fourth-order valence-corrected chi connectivity index (χ4v) is 1.58. The van der Waals surface area contributed by atoms with Crippen LogP contribution in [0.25, 0.3) is 5.76 Å². The van der Waals surface area contributed by atoms with Crippen LogP contribution >= 0.6 is 0 Å². The zero-order valence-electron chi connectivity index (χ0n) is 8.81. The molecule has 0 spiro atoms. The molecule has 0 atom stereocenters. The summed E-state index contributed by atoms with van der Waals surface area (Å²) < 4.78 is 9.94. The van der Waals surface area contributed by atoms with E-state index in [4.69, 9.17) is 9.47 Å². The average molecular weight is 219 g/mol. The van der Waals surface area contributed by atoms with Gasteiger partial charge >= 0.3 is 0 Å². The number of rotatable bonds is 2. The van der Waals surface area contributed by atoms with E-state index < -0.39 is 11.6 Å². The summed E-state index contributed by atoms with van der Waals surface area (Å²) in [5.74, 6) is -1.23. The molecular formula is C11H9NO4. The zero-order chi connectivity index (χ0) is 11.7. The first-order chi connectivity index (χ1) is 7.70. The van der Waals surface area contributed by atoms with E-state index in [1.165, 1.54) is 26.5 Å². The molecule has 82 valence electrons. The number of carbonyl (C=O) groups excluding carboxylic acids is 2. The Kier molecular flexibility index (Phi) is 2.44. The van der Waals surface area contributed by atoms with Crippen LogP contribution in [-0.2, 0) is 14.3 Å². The van der Waals surface area contributed by atoms with Gasteiger partial charge in [0, 0.05) is 6.20 Å². The molecule has 5 nitrogen and oxygen atoms in total. The first kappa shape index (κ1) is 10.4. The molecule has 1 aromatic heterocycles. The Labute approximate surface area is 91.7 Å². The summed E-state index contributed by atoms with van der Waals surface area (Å²) in [6, 6.07) is 3.13. The van der Waals surface area contributed by atoms with Crippen LogP contribution in [0.1, 0.15) is 16.1 Å². The quantitative estimate of drug-likeness (QED) is 0.688. The number of hydrogen-bond donors (Lipinski definition) is 0. The lowest BCUT2D eigenvalue weighted by Gasteiger charge is -2.17. The normalized spacial score (nSPS) is 14.9. The number of Topliss-reactive ketones (excluding diaryl/α,β-unsaturated/α-hetero) is 2. The van der Waals surface area contributed by atoms with Crippen LogP contribution in [0.2, 0.25) is 0 Å². The molecule has 0 bridgehead atoms. The van der Waals surface area contributed by atoms with Crippen LogP contribution in [0.4, 0.5) is 0 Å². The van der Waals surface area contributed by atoms with E-state index in [9.17, 15) is 9.59 Å². The molecule has 0 fully saturated rings. The predicted molar refractivity (Wildman–Crippen MR) is 54.5 cm³/mol. The van der Waals surface area contributed by atoms with Gasteiger partial charge in [-0.3, -0.25) is 14.6 Å². The molecule has 0 amide bonds. The number of hydrogen-bond acceptors (Lipinski definition) is 5. The van der Waals surface area contributed by atoms with Gasteiger partial charge in [0.25, 0.3) is 5.78 Å². The molecule has 16 heavy (non-hydrogen) atoms. The third kappa shape index (κ3) is 1.29. The summed E-state index contributed by atoms with van der Waals surface area (Å²) in [4.78, 5) is 27.4. The lowest BCUT2D eigenvalue weighted by atomic mass is 9.97. The van der Waals surface area contributed by atoms with E-state index in [2.05, 4.69) is 4.98 Å². The first-order valence-electron chi connectivity index (χ1n) is 4.57. The number of pyridine rings is 1. The lowest BCUT2D eigenvalue weighted by Crippen LogP contribution is -2.26. The molecule has 1 heterocycles. The van der Waals surface area contributed by atoms with E-state index >= 15 is 0 Å². The van der Waals surface area contributed by atoms with Gasteiger partial charge in [0.15, 0.2) is 5.76 Å². The van der Waals surface area contributed by atoms with Crippen molar-refractivity contribution in [1.29, 1.82) is 0 Å². The standard InChI is InChI=1S/C11H9NO4/c1-15-10-7-6(4-3-5-12-7)8(13)9(14)11(10)16-2/h3-5H,1-2H3. The molecule has 0 saturated heterocycles. The van der Waals surface area contributed by atoms with Gasteiger partial charge in [-0.15, -0.1) is 0 Å². The molecule has 1 aliphatic carbocycles. The van der Waals surface area contributed by atoms with Crippen molar-refractivity contribution in [3.63, 3.8) is 0 Å². The number of allylic oxidation sites excluding steroid dienone is 1. The highest BCUT2D eigenvalue weighted by Crippen LogP contribution is 2.28. The Bertz CT molecular complexity index is 504. The molecular weight excluding hydrogens is 210 g/mol. The highest BCUT2D eigenvalue weighted by Gasteiger charge is 2.35. The fourth-order valence-electron chi connectivity index (χ4n) is 1.58. The number of aromatic nitrogens is 1. The van der Waals surface area contributed by atoms with Crippen LogP contribution in [0, 0.1) is 0 Å². The number of nitrogens with zero attached hydrogens (tertiary/aromatic N) is 1. The Morgan fingerprint density at radius 2 is 1.75 bits per heavy atom. The van der Waals surface area contributed by atoms with Crippen molar-refractivity contribution >= 4 is 17.3 Å². The second-order valence-corrected chi connectivity index (χ2v) is 3.12. The summed E-state index contributed by atoms with van der Waals surface area (Å²) in [5.41, 5.74) is 0.580. The van der Waals surface area contributed by atoms with Gasteiger partial charge in [0.1, 0.15) is 5.69 Å². The average Bonchev–Trinajstić information content (AvgIpc) is 2.33. The molecule has 1 aliphatic rings. The maximum atomic E-state index is 11.7. The van der Waals surface area contributed by atoms with Crippen LogP contribution < -0.4 is 0 Å². The summed E-state index contributed by atoms with van der Waals surface area (Å²) >= 11 is 0. The van der Waals surface area contributed by atoms with E-state index in [-0.39, 0.29) is 17.1 Å². The summed E-state index contributed by atoms with van der Waals surface area (Å²) in [6.45, 7) is 0. The third-order valence-corrected chi connectivity index (χ3v) is 2.29. The number of methoxy groups -OCH3 is 2. The largest absolute Gasteiger partial charge is 0.491 e. The molecule has 0 radical (unpaired) electrons. The van der Waals surface area contributed by atoms with Crippen molar-refractivity contribution in [2.45, 2.75) is 0 Å². The highest BCUT2D eigenvalue weighted by molar-refractivity contribution is 6.51. The van der Waals surface area contributed by atoms with E-state index in [1.807, 2.05) is 0 Å². The topological polar surface area (TPSA) is 65.5 Å². The van der Waals surface area contributed by atoms with Gasteiger partial charge in [-0.1, -0.05) is 0 Å². The van der Waals surface area contributed by atoms with Crippen LogP contribution in [0.15, 0.2) is 24.1 Å². The van der Waals surface area contributed by atoms with Crippen molar-refractivity contribution in [2.24, 2.45) is 0 Å². The highest BCUT2D eigenvalue weighted by atomic mass is 16.5. The predicted octanol–water partition coefficient (Wildman–Crippen LogP) is 0.808. The second kappa shape index (κ2) is 3.77. The molecule has 1 aromatic rings. The minimum atomic E-state index is -0.708. The minimum absolute atomic E-state index is 0.0984. The molecule has 0 saturated carbocycles. The van der Waals surface area contributed by atoms with Crippen LogP contribution in [-0.4, -0.2) is 30.8 Å². The van der Waals surface area contributed by atoms with E-state index in [1.54, 1.807) is 6.07 Å². The molecule has 0 aromatic carbocycles. The SMILES string of the molecule is COC1=C(OC)c2ncccc2C(=O)C1=O. The molecule has 0 aliphatic heterocycles. The number of carbonyl (C=O) groups is 2. The number of fused-ring (bicyclic) bond motifs is 1. The maximum Gasteiger partial charge on any atom is 0.272 e. The van der Waals surface area contributed by atoms with Crippen molar-refractivity contribution in [3.05, 3.63) is 35.3 Å². The zero-order valence-corrected chi connectivity index (χ0v) is 8.81. The fraction of sp³-hybridized carbons (Fsp3) is 0.182. The minimum Gasteiger partial charge on any atom is -0.491 e. The summed E-state index contributed by atoms with van der Waals surface area (Å²) in [6.07, 6.45) is 1.52. The lowest BCUT2D eigenvalue weighted by molar-refractivity contribution is -0.114. The summed E-state index contributed by atoms with van der Waals surface area (Å²) in [5, 5.41) is 0. The van der Waals surface area contributed by atoms with Crippen molar-refractivity contribution in [1.82, 2.24) is 4.98 Å². The van der Waals surface area contributed by atoms with Gasteiger partial charge in [-0.05, 0) is 12.1 Å².